The van der Waals surface area contributed by atoms with Crippen LogP contribution < -0.4 is 0 Å². The molecule has 0 aromatic heterocycles. The van der Waals surface area contributed by atoms with Gasteiger partial charge in [0.25, 0.3) is 0 Å². The molecule has 14 heteroatoms. The average molecular weight is 811 g/mol. The van der Waals surface area contributed by atoms with Crippen LogP contribution in [0.2, 0.25) is 0 Å². The van der Waals surface area contributed by atoms with E-state index in [2.05, 4.69) is 20.5 Å². The second-order valence-corrected chi connectivity index (χ2v) is 18.3. The second kappa shape index (κ2) is 15.4. The van der Waals surface area contributed by atoms with Gasteiger partial charge in [0, 0.05) is 22.3 Å². The highest BCUT2D eigenvalue weighted by Gasteiger charge is 2.43. The number of phenolic OH excluding ortho intramolecular Hbond substituents is 2. The fraction of sp³-hybridized carbons (Fsp3) is 0.409. The van der Waals surface area contributed by atoms with Crippen LogP contribution in [0.1, 0.15) is 94.2 Å². The van der Waals surface area contributed by atoms with Gasteiger partial charge in [0.15, 0.2) is 23.1 Å². The average Bonchev–Trinajstić information content (AvgIpc) is 3.03. The summed E-state index contributed by atoms with van der Waals surface area (Å²) in [6, 6.07) is 3.11. The van der Waals surface area contributed by atoms with E-state index in [1.165, 1.54) is 12.4 Å². The van der Waals surface area contributed by atoms with E-state index in [1.54, 1.807) is 24.3 Å². The van der Waals surface area contributed by atoms with Crippen LogP contribution in [0, 0.1) is 21.7 Å². The number of nitrogens with zero attached hydrogens (tertiary/aromatic N) is 4. The molecule has 310 valence electrons. The number of allylic oxidation sites excluding steroid dienone is 10. The maximum absolute atomic E-state index is 14.6. The maximum atomic E-state index is 14.6. The number of ketones is 2. The van der Waals surface area contributed by atoms with Crippen LogP contribution in [0.3, 0.4) is 0 Å². The molecule has 0 saturated carbocycles. The Bertz CT molecular complexity index is 2060. The highest BCUT2D eigenvalue weighted by molar-refractivity contribution is 6.12. The summed E-state index contributed by atoms with van der Waals surface area (Å²) in [4.78, 5) is 26.5. The van der Waals surface area contributed by atoms with Crippen molar-refractivity contribution < 1.29 is 46.1 Å². The number of phenols is 2. The Labute approximate surface area is 334 Å². The van der Waals surface area contributed by atoms with E-state index in [-0.39, 0.29) is 11.6 Å². The summed E-state index contributed by atoms with van der Waals surface area (Å²) < 4.78 is 87.6. The number of carbonyl (C=O) groups excluding carboxylic acids is 2. The number of hydrogen-bond donors (Lipinski definition) is 2. The smallest absolute Gasteiger partial charge is 0.420 e. The van der Waals surface area contributed by atoms with E-state index < -0.39 is 79.1 Å². The lowest BCUT2D eigenvalue weighted by atomic mass is 9.72. The molecule has 0 aliphatic heterocycles. The van der Waals surface area contributed by atoms with E-state index in [0.717, 1.165) is 12.1 Å². The minimum atomic E-state index is -5.40. The maximum Gasteiger partial charge on any atom is 0.420 e. The minimum absolute atomic E-state index is 0.160. The van der Waals surface area contributed by atoms with Crippen molar-refractivity contribution in [3.8, 4) is 22.6 Å². The molecule has 0 bridgehead atoms. The Hall–Kier alpha value is -5.40. The fourth-order valence-electron chi connectivity index (χ4n) is 6.34. The summed E-state index contributed by atoms with van der Waals surface area (Å²) in [6.45, 7) is 22.2. The van der Waals surface area contributed by atoms with Crippen molar-refractivity contribution in [3.05, 3.63) is 106 Å². The zero-order valence-electron chi connectivity index (χ0n) is 34.5. The van der Waals surface area contributed by atoms with E-state index in [1.807, 2.05) is 83.1 Å². The van der Waals surface area contributed by atoms with Gasteiger partial charge in [0.2, 0.25) is 0 Å². The number of alkyl halides is 6. The summed E-state index contributed by atoms with van der Waals surface area (Å²) in [5.74, 6) is -3.32. The first kappa shape index (κ1) is 45.3. The number of aromatic hydroxyl groups is 2. The van der Waals surface area contributed by atoms with Crippen LogP contribution in [0.15, 0.2) is 115 Å². The molecule has 4 rings (SSSR count). The van der Waals surface area contributed by atoms with Crippen LogP contribution in [0.25, 0.3) is 11.1 Å². The molecule has 58 heavy (non-hydrogen) atoms. The molecule has 0 heterocycles. The van der Waals surface area contributed by atoms with Gasteiger partial charge in [-0.3, -0.25) is 9.59 Å². The molecule has 0 spiro atoms. The summed E-state index contributed by atoms with van der Waals surface area (Å²) in [6.07, 6.45) is -2.06. The third-order valence-corrected chi connectivity index (χ3v) is 9.37. The molecular weight excluding hydrogens is 762 g/mol. The Morgan fingerprint density at radius 1 is 0.466 bits per heavy atom. The number of hydrogen-bond acceptors (Lipinski definition) is 8. The van der Waals surface area contributed by atoms with E-state index in [9.17, 15) is 46.1 Å². The van der Waals surface area contributed by atoms with Gasteiger partial charge in [-0.05, 0) is 80.4 Å². The highest BCUT2D eigenvalue weighted by atomic mass is 19.4. The van der Waals surface area contributed by atoms with Crippen molar-refractivity contribution >= 4 is 22.9 Å². The number of carbonyl (C=O) groups is 2. The van der Waals surface area contributed by atoms with Crippen molar-refractivity contribution in [2.24, 2.45) is 42.1 Å². The third-order valence-electron chi connectivity index (χ3n) is 9.37. The van der Waals surface area contributed by atoms with Crippen molar-refractivity contribution in [2.75, 3.05) is 0 Å². The van der Waals surface area contributed by atoms with Crippen LogP contribution in [0.5, 0.6) is 11.5 Å². The summed E-state index contributed by atoms with van der Waals surface area (Å²) >= 11 is 0. The van der Waals surface area contributed by atoms with Gasteiger partial charge >= 0.3 is 12.4 Å². The number of benzene rings is 2. The first-order valence-corrected chi connectivity index (χ1v) is 18.3. The Morgan fingerprint density at radius 3 is 0.948 bits per heavy atom. The van der Waals surface area contributed by atoms with Gasteiger partial charge in [0.1, 0.15) is 22.5 Å². The van der Waals surface area contributed by atoms with Gasteiger partial charge < -0.3 is 10.2 Å². The molecule has 2 aliphatic carbocycles. The first-order chi connectivity index (χ1) is 26.2. The van der Waals surface area contributed by atoms with Crippen LogP contribution in [-0.2, 0) is 21.9 Å². The van der Waals surface area contributed by atoms with Gasteiger partial charge in [0.05, 0.1) is 12.4 Å². The standard InChI is InChI=1S/C44H48F6N4O4/c1-39(2,3)27-17-23(18-28(35(27)55)40(4,5)6)21-51-53-31-15-13-25(33(37(31)57)43(45,46)47)26-14-16-32(38(58)34(26)44(48,49)50)54-52-22-24-19-29(41(7,8)9)36(56)30(20-24)42(10,11)12/h13-22,57-58H,1-12H3/b53-51+,54-52+. The van der Waals surface area contributed by atoms with Crippen molar-refractivity contribution in [2.45, 2.75) is 95.4 Å². The van der Waals surface area contributed by atoms with Crippen LogP contribution >= 0.6 is 0 Å². The molecule has 0 amide bonds. The lowest BCUT2D eigenvalue weighted by Crippen LogP contribution is -2.27. The number of rotatable bonds is 5. The number of Topliss-reactive ketones (excluding diaryl/α,β-unsaturated/α-hetero) is 2. The summed E-state index contributed by atoms with van der Waals surface area (Å²) in [5.41, 5.74) is -6.80. The topological polar surface area (TPSA) is 124 Å². The molecule has 2 aliphatic rings. The summed E-state index contributed by atoms with van der Waals surface area (Å²) in [5, 5.41) is 36.9. The van der Waals surface area contributed by atoms with Crippen molar-refractivity contribution in [1.82, 2.24) is 0 Å². The summed E-state index contributed by atoms with van der Waals surface area (Å²) in [7, 11) is 0. The fourth-order valence-corrected chi connectivity index (χ4v) is 6.34. The molecule has 8 nitrogen and oxygen atoms in total. The van der Waals surface area contributed by atoms with E-state index >= 15 is 0 Å². The quantitative estimate of drug-likeness (QED) is 0.230. The molecule has 0 saturated heterocycles. The monoisotopic (exact) mass is 810 g/mol. The largest absolute Gasteiger partial charge is 0.505 e. The zero-order valence-corrected chi connectivity index (χ0v) is 34.5. The molecule has 2 aromatic rings. The molecule has 0 atom stereocenters. The predicted octanol–water partition coefficient (Wildman–Crippen LogP) is 13.8. The number of azo groups is 2. The molecule has 0 radical (unpaired) electrons. The van der Waals surface area contributed by atoms with Crippen LogP contribution in [-0.4, -0.2) is 21.8 Å². The van der Waals surface area contributed by atoms with Crippen molar-refractivity contribution in [3.63, 3.8) is 0 Å². The second-order valence-electron chi connectivity index (χ2n) is 18.3. The molecule has 0 unspecified atom stereocenters. The molecular formula is C44H48F6N4O4. The van der Waals surface area contributed by atoms with Gasteiger partial charge in [-0.25, -0.2) is 0 Å². The normalized spacial score (nSPS) is 16.5. The third kappa shape index (κ3) is 9.82. The molecule has 0 fully saturated rings. The minimum Gasteiger partial charge on any atom is -0.505 e. The highest BCUT2D eigenvalue weighted by Crippen LogP contribution is 2.52. The molecule has 2 N–H and O–H groups in total. The lowest BCUT2D eigenvalue weighted by molar-refractivity contribution is -0.140. The Kier molecular flexibility index (Phi) is 12.0. The molecule has 2 aromatic carbocycles. The Balaban J connectivity index is 1.82. The first-order valence-electron chi connectivity index (χ1n) is 18.3. The SMILES string of the molecule is CC(C)(C)C1=CC(=C/N=N/c2ccc(-c3ccc(/N=N/C=C4C=C(C(C)(C)C)C(=O)C(C(C)(C)C)=C4)c(O)c3C(F)(F)F)c(C(F)(F)F)c2O)C=C(C(C)(C)C)C1=O. The van der Waals surface area contributed by atoms with E-state index in [4.69, 9.17) is 0 Å². The Morgan fingerprint density at radius 2 is 0.724 bits per heavy atom. The van der Waals surface area contributed by atoms with E-state index in [0.29, 0.717) is 45.6 Å². The lowest BCUT2D eigenvalue weighted by Gasteiger charge is -2.31. The van der Waals surface area contributed by atoms with Crippen LogP contribution in [0.4, 0.5) is 37.7 Å². The number of halogens is 6. The van der Waals surface area contributed by atoms with Crippen molar-refractivity contribution in [1.29, 1.82) is 0 Å². The van der Waals surface area contributed by atoms with Gasteiger partial charge in [-0.15, -0.1) is 10.2 Å². The predicted molar refractivity (Wildman–Crippen MR) is 211 cm³/mol. The van der Waals surface area contributed by atoms with Gasteiger partial charge in [-0.1, -0.05) is 95.2 Å². The zero-order chi connectivity index (χ0) is 44.1. The van der Waals surface area contributed by atoms with Gasteiger partial charge in [-0.2, -0.15) is 36.6 Å².